The maximum atomic E-state index is 12.8. The van der Waals surface area contributed by atoms with E-state index >= 15 is 0 Å². The molecule has 170 valence electrons. The van der Waals surface area contributed by atoms with E-state index in [2.05, 4.69) is 10.3 Å². The van der Waals surface area contributed by atoms with Gasteiger partial charge in [0.25, 0.3) is 0 Å². The molecule has 0 aliphatic carbocycles. The molecule has 7 nitrogen and oxygen atoms in total. The molecule has 3 amide bonds. The van der Waals surface area contributed by atoms with Crippen LogP contribution < -0.4 is 10.2 Å². The van der Waals surface area contributed by atoms with E-state index in [1.165, 1.54) is 0 Å². The lowest BCUT2D eigenvalue weighted by Crippen LogP contribution is -2.48. The topological polar surface area (TPSA) is 74.8 Å². The second-order valence-corrected chi connectivity index (χ2v) is 8.43. The van der Waals surface area contributed by atoms with Gasteiger partial charge in [0.1, 0.15) is 11.4 Å². The van der Waals surface area contributed by atoms with Crippen LogP contribution in [-0.4, -0.2) is 47.2 Å². The van der Waals surface area contributed by atoms with Crippen LogP contribution in [0.2, 0.25) is 10.0 Å². The Morgan fingerprint density at radius 2 is 1.81 bits per heavy atom. The summed E-state index contributed by atoms with van der Waals surface area (Å²) in [5.74, 6) is 0.233. The Kier molecular flexibility index (Phi) is 5.85. The number of pyridine rings is 1. The van der Waals surface area contributed by atoms with Crippen LogP contribution in [-0.2, 0) is 10.9 Å². The van der Waals surface area contributed by atoms with Crippen molar-refractivity contribution in [2.45, 2.75) is 24.6 Å². The summed E-state index contributed by atoms with van der Waals surface area (Å²) in [4.78, 5) is 31.5. The molecule has 1 aromatic heterocycles. The second-order valence-electron chi connectivity index (χ2n) is 7.59. The number of anilines is 2. The Balaban J connectivity index is 1.40. The molecule has 1 aromatic carbocycles. The number of carbonyl (C=O) groups excluding carboxylic acids is 2. The predicted octanol–water partition coefficient (Wildman–Crippen LogP) is 5.43. The lowest BCUT2D eigenvalue weighted by molar-refractivity contribution is -0.137. The Bertz CT molecular complexity index is 1040. The van der Waals surface area contributed by atoms with Gasteiger partial charge in [-0.05, 0) is 30.3 Å². The molecular weight excluding hydrogens is 472 g/mol. The van der Waals surface area contributed by atoms with Crippen molar-refractivity contribution in [1.82, 2.24) is 9.88 Å². The van der Waals surface area contributed by atoms with E-state index in [-0.39, 0.29) is 17.4 Å². The molecule has 2 aromatic rings. The van der Waals surface area contributed by atoms with E-state index in [1.54, 1.807) is 29.2 Å². The molecule has 12 heteroatoms. The van der Waals surface area contributed by atoms with Crippen molar-refractivity contribution in [3.63, 3.8) is 0 Å². The maximum Gasteiger partial charge on any atom is 0.418 e. The van der Waals surface area contributed by atoms with Gasteiger partial charge in [-0.3, -0.25) is 0 Å². The van der Waals surface area contributed by atoms with Crippen LogP contribution in [0.1, 0.15) is 18.4 Å². The fourth-order valence-corrected chi connectivity index (χ4v) is 4.12. The minimum Gasteiger partial charge on any atom is -0.440 e. The molecule has 2 aliphatic rings. The zero-order valence-electron chi connectivity index (χ0n) is 16.5. The molecule has 0 saturated carbocycles. The monoisotopic (exact) mass is 488 g/mol. The zero-order valence-corrected chi connectivity index (χ0v) is 18.0. The van der Waals surface area contributed by atoms with Crippen LogP contribution in [0.15, 0.2) is 36.5 Å². The van der Waals surface area contributed by atoms with Crippen molar-refractivity contribution in [1.29, 1.82) is 0 Å². The first kappa shape index (κ1) is 22.5. The number of urea groups is 1. The van der Waals surface area contributed by atoms with Crippen molar-refractivity contribution < 1.29 is 27.5 Å². The smallest absolute Gasteiger partial charge is 0.418 e. The summed E-state index contributed by atoms with van der Waals surface area (Å²) in [6, 6.07) is 6.65. The lowest BCUT2D eigenvalue weighted by Gasteiger charge is -2.38. The number of carbonyl (C=O) groups is 2. The number of benzene rings is 1. The number of alkyl halides is 3. The second kappa shape index (κ2) is 8.32. The molecule has 1 spiro atoms. The van der Waals surface area contributed by atoms with Gasteiger partial charge in [-0.25, -0.2) is 19.5 Å². The Labute approximate surface area is 191 Å². The van der Waals surface area contributed by atoms with Crippen molar-refractivity contribution >= 4 is 46.8 Å². The fraction of sp³-hybridized carbons (Fsp3) is 0.350. The molecule has 0 unspecified atom stereocenters. The van der Waals surface area contributed by atoms with Crippen molar-refractivity contribution in [2.24, 2.45) is 0 Å². The van der Waals surface area contributed by atoms with Gasteiger partial charge in [0.05, 0.1) is 17.1 Å². The third-order valence-corrected chi connectivity index (χ3v) is 5.96. The number of ether oxygens (including phenoxy) is 1. The van der Waals surface area contributed by atoms with Gasteiger partial charge >= 0.3 is 18.3 Å². The largest absolute Gasteiger partial charge is 0.440 e. The summed E-state index contributed by atoms with van der Waals surface area (Å²) in [6.07, 6.45) is -3.82. The van der Waals surface area contributed by atoms with E-state index in [0.29, 0.717) is 36.6 Å². The number of piperidine rings is 1. The highest BCUT2D eigenvalue weighted by molar-refractivity contribution is 6.33. The summed E-state index contributed by atoms with van der Waals surface area (Å²) in [6.45, 7) is 0.753. The van der Waals surface area contributed by atoms with Crippen LogP contribution in [0.3, 0.4) is 0 Å². The van der Waals surface area contributed by atoms with E-state index in [9.17, 15) is 22.8 Å². The standard InChI is InChI=1S/C20H17Cl2F3N4O3/c21-13-1-3-14(4-2-13)27-17(30)29-11-19(32-18(29)31)5-7-28(8-6-19)16-15(22)9-12(10-26-16)20(23,24)25/h1-4,9-10H,5-8,11H2,(H,27,30). The number of aromatic nitrogens is 1. The Morgan fingerprint density at radius 1 is 1.16 bits per heavy atom. The van der Waals surface area contributed by atoms with Crippen LogP contribution in [0.4, 0.5) is 34.3 Å². The first-order chi connectivity index (χ1) is 15.1. The summed E-state index contributed by atoms with van der Waals surface area (Å²) in [7, 11) is 0. The molecular formula is C20H17Cl2F3N4O3. The van der Waals surface area contributed by atoms with Gasteiger partial charge in [-0.1, -0.05) is 23.2 Å². The van der Waals surface area contributed by atoms with Gasteiger partial charge < -0.3 is 15.0 Å². The van der Waals surface area contributed by atoms with Crippen molar-refractivity contribution in [2.75, 3.05) is 29.9 Å². The van der Waals surface area contributed by atoms with Crippen LogP contribution >= 0.6 is 23.2 Å². The molecule has 2 fully saturated rings. The number of imide groups is 1. The molecule has 2 saturated heterocycles. The number of nitrogens with zero attached hydrogens (tertiary/aromatic N) is 3. The molecule has 0 radical (unpaired) electrons. The summed E-state index contributed by atoms with van der Waals surface area (Å²) < 4.78 is 44.0. The van der Waals surface area contributed by atoms with E-state index in [4.69, 9.17) is 27.9 Å². The average Bonchev–Trinajstić information content (AvgIpc) is 3.06. The molecule has 1 N–H and O–H groups in total. The normalized spacial score (nSPS) is 18.1. The highest BCUT2D eigenvalue weighted by atomic mass is 35.5. The number of hydrogen-bond acceptors (Lipinski definition) is 5. The third-order valence-electron chi connectivity index (χ3n) is 5.43. The molecule has 4 rings (SSSR count). The summed E-state index contributed by atoms with van der Waals surface area (Å²) in [5.41, 5.74) is -1.32. The Hall–Kier alpha value is -2.72. The number of rotatable bonds is 2. The van der Waals surface area contributed by atoms with E-state index in [1.807, 2.05) is 0 Å². The molecule has 0 atom stereocenters. The number of amides is 3. The minimum absolute atomic E-state index is 0.0628. The van der Waals surface area contributed by atoms with Crippen molar-refractivity contribution in [3.05, 3.63) is 52.1 Å². The lowest BCUT2D eigenvalue weighted by atomic mass is 9.91. The summed E-state index contributed by atoms with van der Waals surface area (Å²) in [5, 5.41) is 3.02. The molecule has 32 heavy (non-hydrogen) atoms. The summed E-state index contributed by atoms with van der Waals surface area (Å²) >= 11 is 11.9. The molecule has 3 heterocycles. The van der Waals surface area contributed by atoms with Gasteiger partial charge in [-0.15, -0.1) is 0 Å². The van der Waals surface area contributed by atoms with E-state index in [0.717, 1.165) is 17.2 Å². The number of hydrogen-bond donors (Lipinski definition) is 1. The first-order valence-corrected chi connectivity index (χ1v) is 10.4. The fourth-order valence-electron chi connectivity index (χ4n) is 3.71. The highest BCUT2D eigenvalue weighted by Crippen LogP contribution is 2.38. The van der Waals surface area contributed by atoms with Gasteiger partial charge in [0.2, 0.25) is 0 Å². The minimum atomic E-state index is -4.53. The van der Waals surface area contributed by atoms with Crippen molar-refractivity contribution in [3.8, 4) is 0 Å². The maximum absolute atomic E-state index is 12.8. The quantitative estimate of drug-likeness (QED) is 0.609. The zero-order chi connectivity index (χ0) is 23.1. The van der Waals surface area contributed by atoms with Gasteiger partial charge in [0.15, 0.2) is 0 Å². The number of halogens is 5. The predicted molar refractivity (Wildman–Crippen MR) is 112 cm³/mol. The highest BCUT2D eigenvalue weighted by Gasteiger charge is 2.49. The van der Waals surface area contributed by atoms with Gasteiger partial charge in [-0.2, -0.15) is 13.2 Å². The average molecular weight is 489 g/mol. The molecule has 0 bridgehead atoms. The molecule has 2 aliphatic heterocycles. The van der Waals surface area contributed by atoms with E-state index < -0.39 is 29.5 Å². The third kappa shape index (κ3) is 4.56. The van der Waals surface area contributed by atoms with Crippen LogP contribution in [0.5, 0.6) is 0 Å². The van der Waals surface area contributed by atoms with Crippen LogP contribution in [0.25, 0.3) is 0 Å². The SMILES string of the molecule is O=C(Nc1ccc(Cl)cc1)N1CC2(CCN(c3ncc(C(F)(F)F)cc3Cl)CC2)OC1=O. The number of nitrogens with one attached hydrogen (secondary N) is 1. The Morgan fingerprint density at radius 3 is 2.41 bits per heavy atom. The van der Waals surface area contributed by atoms with Gasteiger partial charge in [0, 0.05) is 42.8 Å². The first-order valence-electron chi connectivity index (χ1n) is 9.61. The van der Waals surface area contributed by atoms with Crippen LogP contribution in [0, 0.1) is 0 Å².